The Balaban J connectivity index is 2.10. The molecule has 1 heteroatoms. The van der Waals surface area contributed by atoms with E-state index in [0.717, 1.165) is 12.8 Å². The van der Waals surface area contributed by atoms with Gasteiger partial charge in [0.05, 0.1) is 0 Å². The molecule has 1 aliphatic rings. The molecular weight excluding hydrogens is 232 g/mol. The average Bonchev–Trinajstić information content (AvgIpc) is 2.86. The monoisotopic (exact) mass is 250 g/mol. The van der Waals surface area contributed by atoms with Crippen LogP contribution in [0.2, 0.25) is 0 Å². The molecule has 1 fully saturated rings. The van der Waals surface area contributed by atoms with Crippen LogP contribution in [0, 0.1) is 6.92 Å². The summed E-state index contributed by atoms with van der Waals surface area (Å²) in [5.41, 5.74) is 5.22. The van der Waals surface area contributed by atoms with Crippen molar-refractivity contribution in [2.24, 2.45) is 0 Å². The zero-order chi connectivity index (χ0) is 13.2. The molecular formula is C18H18O. The Morgan fingerprint density at radius 3 is 2.47 bits per heavy atom. The quantitative estimate of drug-likeness (QED) is 0.767. The predicted molar refractivity (Wildman–Crippen MR) is 78.2 cm³/mol. The summed E-state index contributed by atoms with van der Waals surface area (Å²) < 4.78 is 0. The fourth-order valence-electron chi connectivity index (χ4n) is 3.11. The highest BCUT2D eigenvalue weighted by Gasteiger charge is 2.26. The largest absolute Gasteiger partial charge is 0.300 e. The molecule has 0 aromatic heterocycles. The fraction of sp³-hybridized carbons (Fsp3) is 0.278. The summed E-state index contributed by atoms with van der Waals surface area (Å²) in [6, 6.07) is 17.0. The third-order valence-electron chi connectivity index (χ3n) is 4.05. The van der Waals surface area contributed by atoms with Gasteiger partial charge in [0.15, 0.2) is 0 Å². The molecule has 0 spiro atoms. The summed E-state index contributed by atoms with van der Waals surface area (Å²) in [4.78, 5) is 11.6. The third kappa shape index (κ3) is 2.33. The summed E-state index contributed by atoms with van der Waals surface area (Å²) in [7, 11) is 0. The Morgan fingerprint density at radius 2 is 1.79 bits per heavy atom. The maximum Gasteiger partial charge on any atom is 0.133 e. The second-order valence-electron chi connectivity index (χ2n) is 5.38. The lowest BCUT2D eigenvalue weighted by molar-refractivity contribution is -0.117. The van der Waals surface area contributed by atoms with Crippen molar-refractivity contribution in [3.05, 3.63) is 59.7 Å². The summed E-state index contributed by atoms with van der Waals surface area (Å²) in [6.07, 6.45) is 2.46. The first-order valence-electron chi connectivity index (χ1n) is 6.92. The van der Waals surface area contributed by atoms with Crippen molar-refractivity contribution < 1.29 is 4.79 Å². The van der Waals surface area contributed by atoms with Crippen molar-refractivity contribution in [2.45, 2.75) is 32.1 Å². The van der Waals surface area contributed by atoms with Gasteiger partial charge in [0.25, 0.3) is 0 Å². The lowest BCUT2D eigenvalue weighted by Gasteiger charge is -2.17. The molecule has 1 atom stereocenters. The van der Waals surface area contributed by atoms with Crippen molar-refractivity contribution in [3.8, 4) is 11.1 Å². The first kappa shape index (κ1) is 12.2. The number of ketones is 1. The number of hydrogen-bond acceptors (Lipinski definition) is 1. The molecule has 0 saturated heterocycles. The van der Waals surface area contributed by atoms with Gasteiger partial charge >= 0.3 is 0 Å². The molecule has 1 unspecified atom stereocenters. The molecule has 2 aromatic rings. The summed E-state index contributed by atoms with van der Waals surface area (Å²) in [5.74, 6) is 0.813. The zero-order valence-corrected chi connectivity index (χ0v) is 11.2. The Kier molecular flexibility index (Phi) is 3.20. The number of aryl methyl sites for hydroxylation is 1. The van der Waals surface area contributed by atoms with E-state index in [4.69, 9.17) is 0 Å². The number of Topliss-reactive ketones (excluding diaryl/α,β-unsaturated/α-hetero) is 1. The number of benzene rings is 2. The first-order valence-corrected chi connectivity index (χ1v) is 6.92. The summed E-state index contributed by atoms with van der Waals surface area (Å²) in [6.45, 7) is 2.16. The molecule has 1 aliphatic carbocycles. The molecule has 0 amide bonds. The van der Waals surface area contributed by atoms with Gasteiger partial charge in [-0.3, -0.25) is 4.79 Å². The van der Waals surface area contributed by atoms with E-state index in [0.29, 0.717) is 18.1 Å². The van der Waals surface area contributed by atoms with Crippen molar-refractivity contribution in [3.63, 3.8) is 0 Å². The number of carbonyl (C=O) groups excluding carboxylic acids is 1. The highest BCUT2D eigenvalue weighted by atomic mass is 16.1. The highest BCUT2D eigenvalue weighted by Crippen LogP contribution is 2.39. The van der Waals surface area contributed by atoms with Crippen molar-refractivity contribution in [1.29, 1.82) is 0 Å². The topological polar surface area (TPSA) is 17.1 Å². The molecule has 3 rings (SSSR count). The lowest BCUT2D eigenvalue weighted by atomic mass is 9.87. The number of hydrogen-bond donors (Lipinski definition) is 0. The molecule has 0 aliphatic heterocycles. The van der Waals surface area contributed by atoms with Crippen LogP contribution in [0.5, 0.6) is 0 Å². The molecule has 0 bridgehead atoms. The van der Waals surface area contributed by atoms with E-state index in [1.54, 1.807) is 0 Å². The van der Waals surface area contributed by atoms with Gasteiger partial charge in [0, 0.05) is 12.8 Å². The molecule has 2 aromatic carbocycles. The van der Waals surface area contributed by atoms with Crippen LogP contribution in [0.3, 0.4) is 0 Å². The lowest BCUT2D eigenvalue weighted by Crippen LogP contribution is -1.99. The smallest absolute Gasteiger partial charge is 0.133 e. The maximum absolute atomic E-state index is 11.6. The second kappa shape index (κ2) is 5.00. The normalized spacial score (nSPS) is 18.8. The molecule has 1 nitrogen and oxygen atoms in total. The van der Waals surface area contributed by atoms with Gasteiger partial charge in [-0.2, -0.15) is 0 Å². The maximum atomic E-state index is 11.6. The van der Waals surface area contributed by atoms with Crippen LogP contribution in [0.25, 0.3) is 11.1 Å². The van der Waals surface area contributed by atoms with Crippen molar-refractivity contribution in [1.82, 2.24) is 0 Å². The Labute approximate surface area is 114 Å². The van der Waals surface area contributed by atoms with Gasteiger partial charge in [-0.15, -0.1) is 0 Å². The van der Waals surface area contributed by atoms with Gasteiger partial charge in [0.1, 0.15) is 5.78 Å². The van der Waals surface area contributed by atoms with E-state index in [1.807, 2.05) is 6.07 Å². The van der Waals surface area contributed by atoms with E-state index in [-0.39, 0.29) is 0 Å². The third-order valence-corrected chi connectivity index (χ3v) is 4.05. The molecule has 0 N–H and O–H groups in total. The minimum absolute atomic E-state index is 0.405. The molecule has 1 saturated carbocycles. The molecule has 19 heavy (non-hydrogen) atoms. The first-order chi connectivity index (χ1) is 9.25. The highest BCUT2D eigenvalue weighted by molar-refractivity contribution is 5.83. The number of rotatable bonds is 2. The van der Waals surface area contributed by atoms with Crippen LogP contribution in [0.15, 0.2) is 48.5 Å². The molecule has 0 heterocycles. The van der Waals surface area contributed by atoms with E-state index < -0.39 is 0 Å². The van der Waals surface area contributed by atoms with E-state index >= 15 is 0 Å². The van der Waals surface area contributed by atoms with Gasteiger partial charge in [-0.05, 0) is 41.5 Å². The van der Waals surface area contributed by atoms with E-state index in [9.17, 15) is 4.79 Å². The van der Waals surface area contributed by atoms with E-state index in [2.05, 4.69) is 49.4 Å². The molecule has 0 radical (unpaired) electrons. The number of carbonyl (C=O) groups is 1. The van der Waals surface area contributed by atoms with Crippen LogP contribution >= 0.6 is 0 Å². The van der Waals surface area contributed by atoms with Crippen molar-refractivity contribution >= 4 is 5.78 Å². The summed E-state index contributed by atoms with van der Waals surface area (Å²) >= 11 is 0. The van der Waals surface area contributed by atoms with E-state index in [1.165, 1.54) is 22.3 Å². The standard InChI is InChI=1S/C18H18O/c1-13-6-5-9-17(15-10-11-16(19)12-15)18(13)14-7-3-2-4-8-14/h2-9,15H,10-12H2,1H3. The summed E-state index contributed by atoms with van der Waals surface area (Å²) in [5, 5.41) is 0. The van der Waals surface area contributed by atoms with Crippen LogP contribution in [-0.2, 0) is 4.79 Å². The minimum atomic E-state index is 0.405. The fourth-order valence-corrected chi connectivity index (χ4v) is 3.11. The van der Waals surface area contributed by atoms with Gasteiger partial charge in [-0.25, -0.2) is 0 Å². The average molecular weight is 250 g/mol. The Bertz CT molecular complexity index is 598. The SMILES string of the molecule is Cc1cccc(C2CCC(=O)C2)c1-c1ccccc1. The predicted octanol–water partition coefficient (Wildman–Crippen LogP) is 4.50. The second-order valence-corrected chi connectivity index (χ2v) is 5.38. The van der Waals surface area contributed by atoms with Crippen LogP contribution in [0.4, 0.5) is 0 Å². The Morgan fingerprint density at radius 1 is 1.00 bits per heavy atom. The van der Waals surface area contributed by atoms with Crippen LogP contribution in [0.1, 0.15) is 36.3 Å². The van der Waals surface area contributed by atoms with Gasteiger partial charge in [0.2, 0.25) is 0 Å². The van der Waals surface area contributed by atoms with Gasteiger partial charge < -0.3 is 0 Å². The van der Waals surface area contributed by atoms with Crippen LogP contribution in [-0.4, -0.2) is 5.78 Å². The van der Waals surface area contributed by atoms with Crippen molar-refractivity contribution in [2.75, 3.05) is 0 Å². The molecule has 96 valence electrons. The van der Waals surface area contributed by atoms with Gasteiger partial charge in [-0.1, -0.05) is 48.5 Å². The Hall–Kier alpha value is -1.89. The van der Waals surface area contributed by atoms with Crippen LogP contribution < -0.4 is 0 Å². The zero-order valence-electron chi connectivity index (χ0n) is 11.2. The minimum Gasteiger partial charge on any atom is -0.300 e.